The molecule has 2 heterocycles. The van der Waals surface area contributed by atoms with Crippen LogP contribution in [0.2, 0.25) is 0 Å². The van der Waals surface area contributed by atoms with Crippen LogP contribution in [-0.4, -0.2) is 24.0 Å². The minimum Gasteiger partial charge on any atom is -0.469 e. The van der Waals surface area contributed by atoms with E-state index in [9.17, 15) is 14.0 Å². The maximum absolute atomic E-state index is 12.8. The van der Waals surface area contributed by atoms with Crippen LogP contribution in [0.25, 0.3) is 0 Å². The maximum atomic E-state index is 12.8. The van der Waals surface area contributed by atoms with E-state index in [0.29, 0.717) is 0 Å². The molecule has 0 aliphatic heterocycles. The van der Waals surface area contributed by atoms with Crippen LogP contribution in [-0.2, 0) is 9.53 Å². The Morgan fingerprint density at radius 2 is 2.24 bits per heavy atom. The number of esters is 1. The summed E-state index contributed by atoms with van der Waals surface area (Å²) < 4.78 is 17.4. The smallest absolute Gasteiger partial charge is 0.307 e. The highest BCUT2D eigenvalue weighted by Gasteiger charge is 2.20. The number of pyridine rings is 1. The van der Waals surface area contributed by atoms with Gasteiger partial charge in [0.05, 0.1) is 25.1 Å². The first-order valence-corrected chi connectivity index (χ1v) is 7.00. The molecule has 21 heavy (non-hydrogen) atoms. The lowest BCUT2D eigenvalue weighted by molar-refractivity contribution is -0.141. The molecular weight excluding hydrogens is 295 g/mol. The monoisotopic (exact) mass is 308 g/mol. The van der Waals surface area contributed by atoms with Crippen LogP contribution in [0.15, 0.2) is 35.8 Å². The summed E-state index contributed by atoms with van der Waals surface area (Å²) in [5, 5.41) is 4.58. The maximum Gasteiger partial charge on any atom is 0.307 e. The summed E-state index contributed by atoms with van der Waals surface area (Å²) in [6, 6.07) is 5.60. The third kappa shape index (κ3) is 4.09. The number of hydrogen-bond donors (Lipinski definition) is 1. The lowest BCUT2D eigenvalue weighted by Gasteiger charge is -2.16. The quantitative estimate of drug-likeness (QED) is 0.680. The van der Waals surface area contributed by atoms with Crippen molar-refractivity contribution in [2.75, 3.05) is 7.11 Å². The van der Waals surface area contributed by atoms with Crippen LogP contribution in [0, 0.1) is 5.95 Å². The fraction of sp³-hybridized carbons (Fsp3) is 0.214. The van der Waals surface area contributed by atoms with E-state index in [-0.39, 0.29) is 12.0 Å². The van der Waals surface area contributed by atoms with Crippen molar-refractivity contribution in [1.29, 1.82) is 0 Å². The number of ether oxygens (including phenoxy) is 1. The van der Waals surface area contributed by atoms with Gasteiger partial charge in [0, 0.05) is 11.1 Å². The molecule has 1 N–H and O–H groups in total. The van der Waals surface area contributed by atoms with Gasteiger partial charge in [-0.3, -0.25) is 9.59 Å². The van der Waals surface area contributed by atoms with Gasteiger partial charge in [-0.1, -0.05) is 6.07 Å². The Bertz CT molecular complexity index is 614. The van der Waals surface area contributed by atoms with Crippen molar-refractivity contribution < 1.29 is 18.7 Å². The average molecular weight is 308 g/mol. The molecule has 0 aliphatic carbocycles. The Morgan fingerprint density at radius 3 is 2.81 bits per heavy atom. The summed E-state index contributed by atoms with van der Waals surface area (Å²) in [6.07, 6.45) is 1.17. The van der Waals surface area contributed by atoms with Crippen molar-refractivity contribution >= 4 is 23.2 Å². The van der Waals surface area contributed by atoms with Crippen LogP contribution >= 0.6 is 11.3 Å². The molecule has 7 heteroatoms. The summed E-state index contributed by atoms with van der Waals surface area (Å²) in [6.45, 7) is 0. The van der Waals surface area contributed by atoms with Crippen molar-refractivity contribution in [2.45, 2.75) is 12.5 Å². The number of rotatable bonds is 5. The van der Waals surface area contributed by atoms with E-state index in [4.69, 9.17) is 0 Å². The molecule has 1 amide bonds. The summed E-state index contributed by atoms with van der Waals surface area (Å²) in [4.78, 5) is 27.8. The van der Waals surface area contributed by atoms with E-state index in [2.05, 4.69) is 15.0 Å². The highest BCUT2D eigenvalue weighted by Crippen LogP contribution is 2.23. The number of methoxy groups -OCH3 is 1. The molecule has 2 rings (SSSR count). The van der Waals surface area contributed by atoms with Crippen molar-refractivity contribution in [3.63, 3.8) is 0 Å². The third-order valence-corrected chi connectivity index (χ3v) is 3.77. The van der Waals surface area contributed by atoms with Gasteiger partial charge in [0.15, 0.2) is 0 Å². The minimum absolute atomic E-state index is 0.0252. The highest BCUT2D eigenvalue weighted by atomic mass is 32.1. The fourth-order valence-electron chi connectivity index (χ4n) is 1.71. The molecule has 2 aromatic heterocycles. The molecule has 0 fully saturated rings. The fourth-order valence-corrected chi connectivity index (χ4v) is 2.49. The van der Waals surface area contributed by atoms with Gasteiger partial charge in [0.1, 0.15) is 0 Å². The topological polar surface area (TPSA) is 68.3 Å². The van der Waals surface area contributed by atoms with Crippen molar-refractivity contribution in [3.05, 3.63) is 52.2 Å². The first kappa shape index (κ1) is 15.1. The average Bonchev–Trinajstić information content (AvgIpc) is 3.01. The van der Waals surface area contributed by atoms with Gasteiger partial charge in [-0.2, -0.15) is 4.39 Å². The standard InChI is InChI=1S/C14H13FN2O3S/c1-20-13(18)7-10(11-3-2-6-21-11)17-14(19)9-4-5-12(15)16-8-9/h2-6,8,10H,7H2,1H3,(H,17,19). The zero-order chi connectivity index (χ0) is 15.2. The van der Waals surface area contributed by atoms with E-state index >= 15 is 0 Å². The van der Waals surface area contributed by atoms with E-state index in [1.165, 1.54) is 24.5 Å². The molecule has 0 bridgehead atoms. The molecule has 0 saturated carbocycles. The normalized spacial score (nSPS) is 11.7. The Labute approximate surface area is 124 Å². The number of nitrogens with one attached hydrogen (secondary N) is 1. The molecule has 110 valence electrons. The van der Waals surface area contributed by atoms with E-state index in [0.717, 1.165) is 17.1 Å². The van der Waals surface area contributed by atoms with Crippen molar-refractivity contribution in [1.82, 2.24) is 10.3 Å². The second-order valence-electron chi connectivity index (χ2n) is 4.19. The van der Waals surface area contributed by atoms with E-state index in [1.807, 2.05) is 17.5 Å². The van der Waals surface area contributed by atoms with Gasteiger partial charge >= 0.3 is 5.97 Å². The highest BCUT2D eigenvalue weighted by molar-refractivity contribution is 7.10. The zero-order valence-corrected chi connectivity index (χ0v) is 12.0. The summed E-state index contributed by atoms with van der Waals surface area (Å²) >= 11 is 1.43. The van der Waals surface area contributed by atoms with Gasteiger partial charge in [-0.05, 0) is 23.6 Å². The molecule has 2 aromatic rings. The summed E-state index contributed by atoms with van der Waals surface area (Å²) in [5.74, 6) is -1.51. The second-order valence-corrected chi connectivity index (χ2v) is 5.17. The van der Waals surface area contributed by atoms with Gasteiger partial charge in [0.2, 0.25) is 5.95 Å². The molecule has 1 atom stereocenters. The second kappa shape index (κ2) is 6.94. The van der Waals surface area contributed by atoms with E-state index < -0.39 is 23.9 Å². The molecular formula is C14H13FN2O3S. The molecule has 0 radical (unpaired) electrons. The predicted octanol–water partition coefficient (Wildman–Crippen LogP) is 2.32. The lowest BCUT2D eigenvalue weighted by Crippen LogP contribution is -2.30. The number of hydrogen-bond acceptors (Lipinski definition) is 5. The predicted molar refractivity (Wildman–Crippen MR) is 75.4 cm³/mol. The number of thiophene rings is 1. The lowest BCUT2D eigenvalue weighted by atomic mass is 10.1. The summed E-state index contributed by atoms with van der Waals surface area (Å²) in [5.41, 5.74) is 0.225. The molecule has 1 unspecified atom stereocenters. The third-order valence-electron chi connectivity index (χ3n) is 2.78. The Morgan fingerprint density at radius 1 is 1.43 bits per heavy atom. The molecule has 0 aromatic carbocycles. The van der Waals surface area contributed by atoms with Crippen LogP contribution in [0.1, 0.15) is 27.7 Å². The van der Waals surface area contributed by atoms with Crippen LogP contribution in [0.4, 0.5) is 4.39 Å². The number of carbonyl (C=O) groups excluding carboxylic acids is 2. The van der Waals surface area contributed by atoms with Crippen molar-refractivity contribution in [3.8, 4) is 0 Å². The Balaban J connectivity index is 2.12. The largest absolute Gasteiger partial charge is 0.469 e. The minimum atomic E-state index is -0.657. The molecule has 0 aliphatic rings. The first-order chi connectivity index (χ1) is 10.1. The number of nitrogens with zero attached hydrogens (tertiary/aromatic N) is 1. The molecule has 5 nitrogen and oxygen atoms in total. The summed E-state index contributed by atoms with van der Waals surface area (Å²) in [7, 11) is 1.29. The number of halogens is 1. The van der Waals surface area contributed by atoms with Crippen molar-refractivity contribution in [2.24, 2.45) is 0 Å². The molecule has 0 saturated heterocycles. The Kier molecular flexibility index (Phi) is 4.99. The number of carbonyl (C=O) groups is 2. The van der Waals surface area contributed by atoms with E-state index in [1.54, 1.807) is 0 Å². The SMILES string of the molecule is COC(=O)CC(NC(=O)c1ccc(F)nc1)c1cccs1. The molecule has 0 spiro atoms. The first-order valence-electron chi connectivity index (χ1n) is 6.13. The number of amides is 1. The van der Waals surface area contributed by atoms with Gasteiger partial charge in [-0.15, -0.1) is 11.3 Å². The van der Waals surface area contributed by atoms with Gasteiger partial charge in [0.25, 0.3) is 5.91 Å². The van der Waals surface area contributed by atoms with Crippen LogP contribution < -0.4 is 5.32 Å². The Hall–Kier alpha value is -2.28. The number of aromatic nitrogens is 1. The van der Waals surface area contributed by atoms with Crippen LogP contribution in [0.5, 0.6) is 0 Å². The van der Waals surface area contributed by atoms with Gasteiger partial charge < -0.3 is 10.1 Å². The van der Waals surface area contributed by atoms with Gasteiger partial charge in [-0.25, -0.2) is 4.98 Å². The van der Waals surface area contributed by atoms with Crippen LogP contribution in [0.3, 0.4) is 0 Å². The zero-order valence-electron chi connectivity index (χ0n) is 11.2.